The Labute approximate surface area is 311 Å². The molecule has 0 aliphatic carbocycles. The van der Waals surface area contributed by atoms with E-state index in [0.717, 1.165) is 83.5 Å². The molecule has 5 heterocycles. The molecule has 0 saturated heterocycles. The topological polar surface area (TPSA) is 62.7 Å². The van der Waals surface area contributed by atoms with E-state index in [0.29, 0.717) is 11.6 Å². The van der Waals surface area contributed by atoms with Gasteiger partial charge < -0.3 is 14.7 Å². The predicted molar refractivity (Wildman–Crippen MR) is 204 cm³/mol. The van der Waals surface area contributed by atoms with E-state index < -0.39 is 0 Å². The molecule has 4 aromatic carbocycles. The number of fused-ring (bicyclic) bond motifs is 8. The molecule has 51 heavy (non-hydrogen) atoms. The zero-order valence-corrected chi connectivity index (χ0v) is 29.0. The molecule has 2 aliphatic heterocycles. The van der Waals surface area contributed by atoms with Crippen LogP contribution in [-0.2, 0) is 27.1 Å². The average Bonchev–Trinajstić information content (AvgIpc) is 4.00. The van der Waals surface area contributed by atoms with Crippen molar-refractivity contribution in [3.8, 4) is 44.5 Å². The van der Waals surface area contributed by atoms with Crippen molar-refractivity contribution in [3.63, 3.8) is 0 Å². The number of nitrogens with zero attached hydrogens (tertiary/aromatic N) is 4. The summed E-state index contributed by atoms with van der Waals surface area (Å²) in [6.07, 6.45) is 4.17. The first-order valence-electron chi connectivity index (χ1n) is 16.5. The van der Waals surface area contributed by atoms with Crippen molar-refractivity contribution in [3.05, 3.63) is 169 Å². The maximum atomic E-state index is 6.00. The van der Waals surface area contributed by atoms with Gasteiger partial charge in [-0.2, -0.15) is 11.0 Å². The van der Waals surface area contributed by atoms with Crippen LogP contribution in [0, 0.1) is 6.07 Å². The van der Waals surface area contributed by atoms with Gasteiger partial charge in [-0.05, 0) is 40.1 Å². The van der Waals surface area contributed by atoms with Gasteiger partial charge >= 0.3 is 0 Å². The molecule has 0 unspecified atom stereocenters. The molecule has 249 valence electrons. The number of ether oxygens (including phenoxy) is 1. The maximum Gasteiger partial charge on any atom is 0.133 e. The Bertz CT molecular complexity index is 2610. The molecule has 7 aromatic rings. The first-order valence-corrected chi connectivity index (χ1v) is 16.5. The number of hydrogen-bond donors (Lipinski definition) is 0. The predicted octanol–water partition coefficient (Wildman–Crippen LogP) is 10.5. The largest absolute Gasteiger partial charge is 0.665 e. The molecule has 6 heteroatoms. The van der Waals surface area contributed by atoms with E-state index >= 15 is 0 Å². The van der Waals surface area contributed by atoms with Crippen LogP contribution in [0.5, 0.6) is 0 Å². The van der Waals surface area contributed by atoms with E-state index in [2.05, 4.69) is 91.0 Å². The normalized spacial score (nSPS) is 11.9. The van der Waals surface area contributed by atoms with Crippen molar-refractivity contribution in [2.24, 2.45) is 4.99 Å². The van der Waals surface area contributed by atoms with Gasteiger partial charge in [0.25, 0.3) is 0 Å². The summed E-state index contributed by atoms with van der Waals surface area (Å²) in [5.41, 5.74) is 13.9. The minimum atomic E-state index is 0. The standard InChI is InChI=1S/C45H29N4O.Ag/c1-50-45-33-28-40(49-45)44(32-20-12-5-13-21-32)39-27-26-38(48-39)43(31-18-10-4-11-19-31)37-25-24-36(47-37)42(30-16-8-3-9-17-30)35-23-22-34(46-35)41(33)29-14-6-2-7-15-29;/h2-27H,1H3;/q-3;. The van der Waals surface area contributed by atoms with Gasteiger partial charge in [-0.25, -0.2) is 4.98 Å². The average molecular weight is 750 g/mol. The van der Waals surface area contributed by atoms with Crippen molar-refractivity contribution < 1.29 is 27.1 Å². The van der Waals surface area contributed by atoms with E-state index in [1.807, 2.05) is 72.8 Å². The summed E-state index contributed by atoms with van der Waals surface area (Å²) in [5, 5.41) is 0. The second-order valence-electron chi connectivity index (χ2n) is 12.1. The number of benzene rings is 4. The van der Waals surface area contributed by atoms with Gasteiger partial charge in [-0.15, -0.1) is 22.7 Å². The van der Waals surface area contributed by atoms with Crippen molar-refractivity contribution in [1.29, 1.82) is 0 Å². The quantitative estimate of drug-likeness (QED) is 0.133. The maximum absolute atomic E-state index is 6.00. The van der Waals surface area contributed by atoms with Crippen LogP contribution in [0.15, 0.2) is 151 Å². The first-order chi connectivity index (χ1) is 24.7. The smallest absolute Gasteiger partial charge is 0.133 e. The number of rotatable bonds is 4. The van der Waals surface area contributed by atoms with Gasteiger partial charge in [0.05, 0.1) is 18.5 Å². The summed E-state index contributed by atoms with van der Waals surface area (Å²) in [6, 6.07) is 53.1. The summed E-state index contributed by atoms with van der Waals surface area (Å²) < 4.78 is 6.00. The first kappa shape index (κ1) is 32.2. The monoisotopic (exact) mass is 748 g/mol. The molecule has 0 atom stereocenters. The fourth-order valence-electron chi connectivity index (χ4n) is 6.81. The summed E-state index contributed by atoms with van der Waals surface area (Å²) in [7, 11) is 1.65. The van der Waals surface area contributed by atoms with Gasteiger partial charge in [0.15, 0.2) is 0 Å². The zero-order chi connectivity index (χ0) is 33.4. The third kappa shape index (κ3) is 5.88. The number of aliphatic imine (C=N–C) groups is 1. The fourth-order valence-corrected chi connectivity index (χ4v) is 6.81. The Balaban J connectivity index is 0.00000374. The van der Waals surface area contributed by atoms with E-state index in [9.17, 15) is 0 Å². The second-order valence-corrected chi connectivity index (χ2v) is 12.1. The van der Waals surface area contributed by atoms with Crippen molar-refractivity contribution in [1.82, 2.24) is 15.0 Å². The van der Waals surface area contributed by atoms with Crippen LogP contribution >= 0.6 is 0 Å². The van der Waals surface area contributed by atoms with Crippen LogP contribution in [0.4, 0.5) is 5.69 Å². The van der Waals surface area contributed by atoms with Gasteiger partial charge in [0.1, 0.15) is 5.90 Å². The molecule has 0 N–H and O–H groups in total. The van der Waals surface area contributed by atoms with E-state index in [4.69, 9.17) is 24.7 Å². The Morgan fingerprint density at radius 2 is 0.843 bits per heavy atom. The molecule has 3 aromatic heterocycles. The molecular weight excluding hydrogens is 720 g/mol. The Morgan fingerprint density at radius 1 is 0.471 bits per heavy atom. The SMILES string of the molecule is COC1=Nc2[c-]c1c(-c1ccccc1)c1ccc([n-]1)c(-c1ccccc1)c1nc(c(-c3ccccc3)c3ccc([n-]3)c2-c2ccccc2)C=C1.[Ag]. The van der Waals surface area contributed by atoms with Crippen molar-refractivity contribution in [2.45, 2.75) is 0 Å². The Kier molecular flexibility index (Phi) is 8.68. The van der Waals surface area contributed by atoms with Gasteiger partial charge in [-0.3, -0.25) is 4.99 Å². The van der Waals surface area contributed by atoms with E-state index in [1.165, 1.54) is 0 Å². The molecular formula is C45H29AgN4O-3. The minimum Gasteiger partial charge on any atom is -0.665 e. The van der Waals surface area contributed by atoms with Gasteiger partial charge in [-0.1, -0.05) is 168 Å². The van der Waals surface area contributed by atoms with Crippen LogP contribution < -0.4 is 9.97 Å². The summed E-state index contributed by atoms with van der Waals surface area (Å²) in [5.74, 6) is 0.471. The third-order valence-corrected chi connectivity index (χ3v) is 9.06. The molecule has 5 nitrogen and oxygen atoms in total. The molecule has 8 bridgehead atoms. The Morgan fingerprint density at radius 3 is 1.27 bits per heavy atom. The molecule has 0 fully saturated rings. The number of aromatic nitrogens is 3. The van der Waals surface area contributed by atoms with Crippen LogP contribution in [0.3, 0.4) is 0 Å². The fraction of sp³-hybridized carbons (Fsp3) is 0.0222. The summed E-state index contributed by atoms with van der Waals surface area (Å²) in [6.45, 7) is 0. The summed E-state index contributed by atoms with van der Waals surface area (Å²) in [4.78, 5) is 21.0. The minimum absolute atomic E-state index is 0. The van der Waals surface area contributed by atoms with Crippen LogP contribution in [0.25, 0.3) is 78.7 Å². The molecule has 1 radical (unpaired) electrons. The molecule has 0 amide bonds. The Hall–Kier alpha value is -5.98. The van der Waals surface area contributed by atoms with Crippen LogP contribution in [-0.4, -0.2) is 18.0 Å². The molecule has 0 spiro atoms. The van der Waals surface area contributed by atoms with E-state index in [1.54, 1.807) is 7.11 Å². The molecule has 2 aliphatic rings. The molecule has 9 rings (SSSR count). The zero-order valence-electron chi connectivity index (χ0n) is 27.5. The number of hydrogen-bond acceptors (Lipinski definition) is 3. The number of methoxy groups -OCH3 is 1. The van der Waals surface area contributed by atoms with Crippen LogP contribution in [0.1, 0.15) is 17.0 Å². The summed E-state index contributed by atoms with van der Waals surface area (Å²) >= 11 is 0. The van der Waals surface area contributed by atoms with Gasteiger partial charge in [0.2, 0.25) is 0 Å². The second kappa shape index (κ2) is 13.7. The van der Waals surface area contributed by atoms with Crippen molar-refractivity contribution in [2.75, 3.05) is 7.11 Å². The van der Waals surface area contributed by atoms with E-state index in [-0.39, 0.29) is 22.4 Å². The van der Waals surface area contributed by atoms with Crippen LogP contribution in [0.2, 0.25) is 0 Å². The molecule has 0 saturated carbocycles. The van der Waals surface area contributed by atoms with Crippen molar-refractivity contribution >= 4 is 45.8 Å². The van der Waals surface area contributed by atoms with Gasteiger partial charge in [0, 0.05) is 22.4 Å². The third-order valence-electron chi connectivity index (χ3n) is 9.06.